The molecule has 0 N–H and O–H groups in total. The second-order valence-corrected chi connectivity index (χ2v) is 7.31. The summed E-state index contributed by atoms with van der Waals surface area (Å²) in [6.45, 7) is 1.74. The van der Waals surface area contributed by atoms with Crippen molar-refractivity contribution in [3.63, 3.8) is 0 Å². The Hall–Kier alpha value is -1.75. The molecule has 23 heavy (non-hydrogen) atoms. The fourth-order valence-electron chi connectivity index (χ4n) is 3.57. The summed E-state index contributed by atoms with van der Waals surface area (Å²) in [5.74, 6) is 0.943. The van der Waals surface area contributed by atoms with Crippen LogP contribution in [-0.4, -0.2) is 33.7 Å². The second-order valence-electron chi connectivity index (χ2n) is 6.29. The number of carbonyl (C=O) groups is 1. The smallest absolute Gasteiger partial charge is 0.274 e. The number of hydrogen-bond donors (Lipinski definition) is 0. The molecule has 0 atom stereocenters. The lowest BCUT2D eigenvalue weighted by atomic mass is 10.1. The summed E-state index contributed by atoms with van der Waals surface area (Å²) in [5, 5.41) is 4.61. The second kappa shape index (κ2) is 6.04. The van der Waals surface area contributed by atoms with E-state index in [9.17, 15) is 4.79 Å². The van der Waals surface area contributed by atoms with Gasteiger partial charge >= 0.3 is 0 Å². The van der Waals surface area contributed by atoms with Crippen molar-refractivity contribution in [2.75, 3.05) is 13.1 Å². The highest BCUT2D eigenvalue weighted by molar-refractivity contribution is 7.98. The quantitative estimate of drug-likeness (QED) is 0.801. The number of carbonyl (C=O) groups excluding carboxylic acids is 1. The number of nitrogens with zero attached hydrogens (tertiary/aromatic N) is 3. The van der Waals surface area contributed by atoms with Crippen LogP contribution >= 0.6 is 11.8 Å². The van der Waals surface area contributed by atoms with Gasteiger partial charge in [0.1, 0.15) is 0 Å². The van der Waals surface area contributed by atoms with Crippen LogP contribution < -0.4 is 0 Å². The minimum atomic E-state index is 0.115. The number of likely N-dealkylation sites (tertiary alicyclic amines) is 1. The third-order valence-electron chi connectivity index (χ3n) is 4.76. The first-order valence-electron chi connectivity index (χ1n) is 8.33. The van der Waals surface area contributed by atoms with E-state index in [1.54, 1.807) is 11.8 Å². The number of rotatable bonds is 1. The molecule has 4 nitrogen and oxygen atoms in total. The van der Waals surface area contributed by atoms with Crippen LogP contribution in [0.1, 0.15) is 41.7 Å². The van der Waals surface area contributed by atoms with Gasteiger partial charge in [-0.3, -0.25) is 9.48 Å². The monoisotopic (exact) mass is 327 g/mol. The molecule has 0 radical (unpaired) electrons. The molecular formula is C18H21N3OS. The number of amides is 1. The zero-order valence-electron chi connectivity index (χ0n) is 13.4. The van der Waals surface area contributed by atoms with Gasteiger partial charge < -0.3 is 4.90 Å². The number of fused-ring (bicyclic) bond motifs is 3. The highest BCUT2D eigenvalue weighted by Crippen LogP contribution is 2.42. The summed E-state index contributed by atoms with van der Waals surface area (Å²) < 4.78 is 1.89. The molecular weight excluding hydrogens is 306 g/mol. The molecule has 0 bridgehead atoms. The fourth-order valence-corrected chi connectivity index (χ4v) is 4.64. The molecule has 1 fully saturated rings. The van der Waals surface area contributed by atoms with E-state index in [2.05, 4.69) is 29.4 Å². The molecule has 120 valence electrons. The summed E-state index contributed by atoms with van der Waals surface area (Å²) in [7, 11) is 1.95. The Morgan fingerprint density at radius 1 is 1.13 bits per heavy atom. The van der Waals surface area contributed by atoms with Crippen molar-refractivity contribution in [1.29, 1.82) is 0 Å². The van der Waals surface area contributed by atoms with Crippen LogP contribution in [0.4, 0.5) is 0 Å². The lowest BCUT2D eigenvalue weighted by Crippen LogP contribution is -2.32. The molecule has 4 rings (SSSR count). The van der Waals surface area contributed by atoms with Crippen molar-refractivity contribution in [3.05, 3.63) is 35.5 Å². The van der Waals surface area contributed by atoms with Gasteiger partial charge in [-0.05, 0) is 18.9 Å². The van der Waals surface area contributed by atoms with Gasteiger partial charge in [0, 0.05) is 41.9 Å². The maximum Gasteiger partial charge on any atom is 0.274 e. The first-order valence-corrected chi connectivity index (χ1v) is 9.31. The molecule has 0 saturated carbocycles. The van der Waals surface area contributed by atoms with Crippen molar-refractivity contribution < 1.29 is 4.79 Å². The minimum Gasteiger partial charge on any atom is -0.337 e. The van der Waals surface area contributed by atoms with Gasteiger partial charge in [0.15, 0.2) is 5.69 Å². The molecule has 0 aliphatic carbocycles. The molecule has 2 aromatic rings. The van der Waals surface area contributed by atoms with E-state index in [4.69, 9.17) is 0 Å². The summed E-state index contributed by atoms with van der Waals surface area (Å²) in [6, 6.07) is 8.39. The van der Waals surface area contributed by atoms with E-state index < -0.39 is 0 Å². The molecule has 1 aromatic heterocycles. The predicted octanol–water partition coefficient (Wildman–Crippen LogP) is 3.71. The first-order chi connectivity index (χ1) is 11.3. The number of hydrogen-bond acceptors (Lipinski definition) is 3. The van der Waals surface area contributed by atoms with E-state index in [-0.39, 0.29) is 5.91 Å². The maximum atomic E-state index is 13.0. The summed E-state index contributed by atoms with van der Waals surface area (Å²) >= 11 is 1.80. The van der Waals surface area contributed by atoms with Crippen molar-refractivity contribution in [3.8, 4) is 11.3 Å². The predicted molar refractivity (Wildman–Crippen MR) is 92.6 cm³/mol. The van der Waals surface area contributed by atoms with Crippen LogP contribution in [0, 0.1) is 0 Å². The summed E-state index contributed by atoms with van der Waals surface area (Å²) in [5.41, 5.74) is 4.07. The van der Waals surface area contributed by atoms with Crippen LogP contribution in [0.2, 0.25) is 0 Å². The normalized spacial score (nSPS) is 17.3. The third kappa shape index (κ3) is 2.57. The number of benzene rings is 1. The highest BCUT2D eigenvalue weighted by atomic mass is 32.2. The van der Waals surface area contributed by atoms with Crippen molar-refractivity contribution in [2.45, 2.75) is 36.3 Å². The van der Waals surface area contributed by atoms with Gasteiger partial charge in [-0.1, -0.05) is 31.0 Å². The van der Waals surface area contributed by atoms with Crippen molar-refractivity contribution >= 4 is 17.7 Å². The zero-order chi connectivity index (χ0) is 15.8. The highest BCUT2D eigenvalue weighted by Gasteiger charge is 2.29. The molecule has 1 amide bonds. The molecule has 0 unspecified atom stereocenters. The van der Waals surface area contributed by atoms with E-state index in [0.717, 1.165) is 42.9 Å². The Bertz CT molecular complexity index is 745. The van der Waals surface area contributed by atoms with Crippen LogP contribution in [0.15, 0.2) is 29.2 Å². The number of aryl methyl sites for hydroxylation is 1. The van der Waals surface area contributed by atoms with E-state index in [1.807, 2.05) is 16.6 Å². The number of aromatic nitrogens is 2. The van der Waals surface area contributed by atoms with Crippen molar-refractivity contribution in [2.24, 2.45) is 7.05 Å². The van der Waals surface area contributed by atoms with Gasteiger partial charge in [-0.25, -0.2) is 0 Å². The molecule has 1 aromatic carbocycles. The fraction of sp³-hybridized carbons (Fsp3) is 0.444. The van der Waals surface area contributed by atoms with Crippen molar-refractivity contribution in [1.82, 2.24) is 14.7 Å². The topological polar surface area (TPSA) is 38.1 Å². The van der Waals surface area contributed by atoms with E-state index in [0.29, 0.717) is 5.69 Å². The SMILES string of the molecule is Cn1nc(C(=O)N2CCCCCC2)c2c1-c1ccccc1SC2. The summed E-state index contributed by atoms with van der Waals surface area (Å²) in [4.78, 5) is 16.3. The van der Waals surface area contributed by atoms with Gasteiger partial charge in [-0.2, -0.15) is 5.10 Å². The molecule has 2 aliphatic rings. The first kappa shape index (κ1) is 14.8. The zero-order valence-corrected chi connectivity index (χ0v) is 14.2. The Balaban J connectivity index is 1.74. The lowest BCUT2D eigenvalue weighted by Gasteiger charge is -2.21. The molecule has 0 spiro atoms. The third-order valence-corrected chi connectivity index (χ3v) is 5.86. The Kier molecular flexibility index (Phi) is 3.89. The lowest BCUT2D eigenvalue weighted by molar-refractivity contribution is 0.0754. The average molecular weight is 327 g/mol. The van der Waals surface area contributed by atoms with Crippen LogP contribution in [0.3, 0.4) is 0 Å². The Morgan fingerprint density at radius 3 is 2.65 bits per heavy atom. The molecule has 3 heterocycles. The molecule has 1 saturated heterocycles. The van der Waals surface area contributed by atoms with Gasteiger partial charge in [0.05, 0.1) is 5.69 Å². The van der Waals surface area contributed by atoms with Crippen LogP contribution in [0.25, 0.3) is 11.3 Å². The minimum absolute atomic E-state index is 0.115. The van der Waals surface area contributed by atoms with Crippen LogP contribution in [-0.2, 0) is 12.8 Å². The Labute approximate surface area is 140 Å². The van der Waals surface area contributed by atoms with Gasteiger partial charge in [-0.15, -0.1) is 11.8 Å². The average Bonchev–Trinajstić information content (AvgIpc) is 2.77. The van der Waals surface area contributed by atoms with E-state index in [1.165, 1.54) is 23.3 Å². The van der Waals surface area contributed by atoms with Gasteiger partial charge in [0.25, 0.3) is 5.91 Å². The van der Waals surface area contributed by atoms with Crippen LogP contribution in [0.5, 0.6) is 0 Å². The largest absolute Gasteiger partial charge is 0.337 e. The molecule has 2 aliphatic heterocycles. The molecule has 5 heteroatoms. The van der Waals surface area contributed by atoms with E-state index >= 15 is 0 Å². The maximum absolute atomic E-state index is 13.0. The summed E-state index contributed by atoms with van der Waals surface area (Å²) in [6.07, 6.45) is 4.68. The number of thioether (sulfide) groups is 1. The Morgan fingerprint density at radius 2 is 1.87 bits per heavy atom. The standard InChI is InChI=1S/C18H21N3OS/c1-20-17-13-8-4-5-9-15(13)23-12-14(17)16(19-20)18(22)21-10-6-2-3-7-11-21/h4-5,8-9H,2-3,6-7,10-12H2,1H3. The van der Waals surface area contributed by atoms with Gasteiger partial charge in [0.2, 0.25) is 0 Å².